The molecule has 0 atom stereocenters. The van der Waals surface area contributed by atoms with Gasteiger partial charge < -0.3 is 10.1 Å². The van der Waals surface area contributed by atoms with Crippen LogP contribution in [-0.2, 0) is 6.54 Å². The molecule has 1 aromatic heterocycles. The second-order valence-corrected chi connectivity index (χ2v) is 5.08. The normalized spacial score (nSPS) is 10.1. The highest BCUT2D eigenvalue weighted by atomic mass is 79.9. The van der Waals surface area contributed by atoms with E-state index in [4.69, 9.17) is 4.74 Å². The molecular weight excluding hydrogens is 316 g/mol. The quantitative estimate of drug-likeness (QED) is 0.939. The van der Waals surface area contributed by atoms with Gasteiger partial charge >= 0.3 is 0 Å². The van der Waals surface area contributed by atoms with E-state index in [2.05, 4.69) is 26.2 Å². The highest BCUT2D eigenvalue weighted by Gasteiger charge is 2.08. The zero-order chi connectivity index (χ0) is 13.0. The van der Waals surface area contributed by atoms with Crippen molar-refractivity contribution in [3.8, 4) is 5.75 Å². The summed E-state index contributed by atoms with van der Waals surface area (Å²) in [4.78, 5) is 16.0. The maximum absolute atomic E-state index is 11.9. The van der Waals surface area contributed by atoms with Crippen LogP contribution in [0.25, 0.3) is 0 Å². The van der Waals surface area contributed by atoms with Crippen LogP contribution in [0.2, 0.25) is 0 Å². The van der Waals surface area contributed by atoms with Gasteiger partial charge in [0.15, 0.2) is 0 Å². The third-order valence-corrected chi connectivity index (χ3v) is 3.58. The lowest BCUT2D eigenvalue weighted by Crippen LogP contribution is -2.22. The second kappa shape index (κ2) is 5.97. The summed E-state index contributed by atoms with van der Waals surface area (Å²) in [5.41, 5.74) is 3.18. The van der Waals surface area contributed by atoms with Crippen molar-refractivity contribution < 1.29 is 9.53 Å². The highest BCUT2D eigenvalue weighted by Crippen LogP contribution is 2.25. The molecule has 4 nitrogen and oxygen atoms in total. The van der Waals surface area contributed by atoms with Crippen molar-refractivity contribution >= 4 is 33.2 Å². The number of rotatable bonds is 4. The third-order valence-electron chi connectivity index (χ3n) is 2.33. The lowest BCUT2D eigenvalue weighted by Gasteiger charge is -2.06. The molecule has 1 aromatic carbocycles. The number of halogens is 1. The standard InChI is InChI=1S/C12H11BrN2O2S/c1-17-11-3-2-8(4-10(11)13)12(16)14-5-9-6-18-7-15-9/h2-4,6-7H,5H2,1H3,(H,14,16). The minimum Gasteiger partial charge on any atom is -0.496 e. The van der Waals surface area contributed by atoms with Gasteiger partial charge in [-0.25, -0.2) is 4.98 Å². The van der Waals surface area contributed by atoms with Crippen molar-refractivity contribution in [3.63, 3.8) is 0 Å². The van der Waals surface area contributed by atoms with Crippen LogP contribution < -0.4 is 10.1 Å². The number of hydrogen-bond acceptors (Lipinski definition) is 4. The van der Waals surface area contributed by atoms with Crippen LogP contribution >= 0.6 is 27.3 Å². The lowest BCUT2D eigenvalue weighted by molar-refractivity contribution is 0.0950. The smallest absolute Gasteiger partial charge is 0.251 e. The van der Waals surface area contributed by atoms with Crippen LogP contribution in [0.4, 0.5) is 0 Å². The number of nitrogens with zero attached hydrogens (tertiary/aromatic N) is 1. The molecule has 6 heteroatoms. The number of hydrogen-bond donors (Lipinski definition) is 1. The number of carbonyl (C=O) groups is 1. The molecule has 2 aromatic rings. The summed E-state index contributed by atoms with van der Waals surface area (Å²) in [6.07, 6.45) is 0. The highest BCUT2D eigenvalue weighted by molar-refractivity contribution is 9.10. The Morgan fingerprint density at radius 3 is 3.00 bits per heavy atom. The molecule has 0 spiro atoms. The van der Waals surface area contributed by atoms with Gasteiger partial charge in [0.1, 0.15) is 5.75 Å². The zero-order valence-electron chi connectivity index (χ0n) is 9.64. The molecule has 0 unspecified atom stereocenters. The molecule has 94 valence electrons. The summed E-state index contributed by atoms with van der Waals surface area (Å²) in [5, 5.41) is 4.72. The summed E-state index contributed by atoms with van der Waals surface area (Å²) in [5.74, 6) is 0.567. The molecule has 0 radical (unpaired) electrons. The predicted molar refractivity (Wildman–Crippen MR) is 74.0 cm³/mol. The van der Waals surface area contributed by atoms with E-state index in [1.807, 2.05) is 5.38 Å². The van der Waals surface area contributed by atoms with E-state index in [9.17, 15) is 4.79 Å². The minimum absolute atomic E-state index is 0.133. The fourth-order valence-corrected chi connectivity index (χ4v) is 2.50. The molecule has 1 heterocycles. The summed E-state index contributed by atoms with van der Waals surface area (Å²) in [6, 6.07) is 5.21. The molecule has 0 saturated carbocycles. The average molecular weight is 327 g/mol. The van der Waals surface area contributed by atoms with Gasteiger partial charge in [-0.1, -0.05) is 0 Å². The largest absolute Gasteiger partial charge is 0.496 e. The van der Waals surface area contributed by atoms with E-state index in [-0.39, 0.29) is 5.91 Å². The van der Waals surface area contributed by atoms with Gasteiger partial charge in [0.2, 0.25) is 0 Å². The van der Waals surface area contributed by atoms with Gasteiger partial charge in [0.25, 0.3) is 5.91 Å². The number of thiazole rings is 1. The topological polar surface area (TPSA) is 51.2 Å². The number of aromatic nitrogens is 1. The van der Waals surface area contributed by atoms with Gasteiger partial charge in [-0.15, -0.1) is 11.3 Å². The molecular formula is C12H11BrN2O2S. The molecule has 0 aliphatic heterocycles. The monoisotopic (exact) mass is 326 g/mol. The lowest BCUT2D eigenvalue weighted by atomic mass is 10.2. The van der Waals surface area contributed by atoms with Crippen LogP contribution in [0.3, 0.4) is 0 Å². The molecule has 0 fully saturated rings. The van der Waals surface area contributed by atoms with Gasteiger partial charge in [0, 0.05) is 10.9 Å². The van der Waals surface area contributed by atoms with Crippen molar-refractivity contribution in [2.45, 2.75) is 6.54 Å². The second-order valence-electron chi connectivity index (χ2n) is 3.51. The number of ether oxygens (including phenoxy) is 1. The van der Waals surface area contributed by atoms with Gasteiger partial charge in [0.05, 0.1) is 29.3 Å². The van der Waals surface area contributed by atoms with Crippen LogP contribution in [0.15, 0.2) is 33.6 Å². The van der Waals surface area contributed by atoms with E-state index in [0.29, 0.717) is 17.9 Å². The Labute approximate surface area is 117 Å². The number of nitrogens with one attached hydrogen (secondary N) is 1. The number of carbonyl (C=O) groups excluding carboxylic acids is 1. The molecule has 2 rings (SSSR count). The minimum atomic E-state index is -0.133. The van der Waals surface area contributed by atoms with Crippen LogP contribution in [0.5, 0.6) is 5.75 Å². The Morgan fingerprint density at radius 2 is 2.39 bits per heavy atom. The van der Waals surface area contributed by atoms with E-state index < -0.39 is 0 Å². The average Bonchev–Trinajstić information content (AvgIpc) is 2.89. The Kier molecular flexibility index (Phi) is 4.33. The first-order chi connectivity index (χ1) is 8.70. The van der Waals surface area contributed by atoms with Gasteiger partial charge in [-0.05, 0) is 34.1 Å². The number of methoxy groups -OCH3 is 1. The molecule has 1 N–H and O–H groups in total. The molecule has 1 amide bonds. The zero-order valence-corrected chi connectivity index (χ0v) is 12.0. The summed E-state index contributed by atoms with van der Waals surface area (Å²) < 4.78 is 5.87. The van der Waals surface area contributed by atoms with Crippen LogP contribution in [-0.4, -0.2) is 18.0 Å². The SMILES string of the molecule is COc1ccc(C(=O)NCc2cscn2)cc1Br. The summed E-state index contributed by atoms with van der Waals surface area (Å²) in [6.45, 7) is 0.436. The van der Waals surface area contributed by atoms with E-state index in [0.717, 1.165) is 10.2 Å². The fourth-order valence-electron chi connectivity index (χ4n) is 1.41. The van der Waals surface area contributed by atoms with Crippen LogP contribution in [0.1, 0.15) is 16.1 Å². The summed E-state index contributed by atoms with van der Waals surface area (Å²) in [7, 11) is 1.59. The fraction of sp³-hybridized carbons (Fsp3) is 0.167. The van der Waals surface area contributed by atoms with Crippen molar-refractivity contribution in [1.82, 2.24) is 10.3 Å². The Hall–Kier alpha value is -1.40. The molecule has 0 aliphatic carbocycles. The third kappa shape index (κ3) is 3.08. The summed E-state index contributed by atoms with van der Waals surface area (Å²) >= 11 is 4.86. The molecule has 18 heavy (non-hydrogen) atoms. The van der Waals surface area contributed by atoms with E-state index in [1.54, 1.807) is 30.8 Å². The van der Waals surface area contributed by atoms with E-state index in [1.165, 1.54) is 11.3 Å². The first-order valence-electron chi connectivity index (χ1n) is 5.19. The Morgan fingerprint density at radius 1 is 1.56 bits per heavy atom. The Balaban J connectivity index is 2.02. The molecule has 0 bridgehead atoms. The van der Waals surface area contributed by atoms with Gasteiger partial charge in [-0.3, -0.25) is 4.79 Å². The molecule has 0 saturated heterocycles. The first-order valence-corrected chi connectivity index (χ1v) is 6.93. The van der Waals surface area contributed by atoms with Crippen molar-refractivity contribution in [2.75, 3.05) is 7.11 Å². The Bertz CT molecular complexity index is 543. The van der Waals surface area contributed by atoms with Crippen molar-refractivity contribution in [1.29, 1.82) is 0 Å². The number of amides is 1. The molecule has 0 aliphatic rings. The maximum Gasteiger partial charge on any atom is 0.251 e. The van der Waals surface area contributed by atoms with Crippen LogP contribution in [0, 0.1) is 0 Å². The van der Waals surface area contributed by atoms with Crippen molar-refractivity contribution in [2.24, 2.45) is 0 Å². The number of benzene rings is 1. The van der Waals surface area contributed by atoms with Crippen molar-refractivity contribution in [3.05, 3.63) is 44.8 Å². The maximum atomic E-state index is 11.9. The predicted octanol–water partition coefficient (Wildman–Crippen LogP) is 2.84. The van der Waals surface area contributed by atoms with Gasteiger partial charge in [-0.2, -0.15) is 0 Å². The van der Waals surface area contributed by atoms with E-state index >= 15 is 0 Å². The first kappa shape index (κ1) is 13.0.